The van der Waals surface area contributed by atoms with Crippen LogP contribution in [0.3, 0.4) is 0 Å². The number of halogens is 2. The van der Waals surface area contributed by atoms with Gasteiger partial charge >= 0.3 is 0 Å². The first-order valence-corrected chi connectivity index (χ1v) is 10.8. The molecule has 8 heteroatoms. The highest BCUT2D eigenvalue weighted by molar-refractivity contribution is 8.08. The normalized spacial score (nSPS) is 15.4. The second-order valence-corrected chi connectivity index (χ2v) is 8.46. The molecule has 0 unspecified atom stereocenters. The van der Waals surface area contributed by atoms with Gasteiger partial charge in [0.05, 0.1) is 10.6 Å². The minimum Gasteiger partial charge on any atom is -1.00 e. The van der Waals surface area contributed by atoms with Crippen LogP contribution in [-0.4, -0.2) is 11.6 Å². The SMILES string of the molecule is CCn1c(=O)/c(=C2\Sc3c(F)cccc3N2C)s/c1=C\c1cccc[n+]1CC.[Cl-]. The first-order valence-electron chi connectivity index (χ1n) is 9.19. The minimum absolute atomic E-state index is 0. The van der Waals surface area contributed by atoms with E-state index in [1.165, 1.54) is 29.2 Å². The third kappa shape index (κ3) is 3.74. The van der Waals surface area contributed by atoms with Crippen molar-refractivity contribution < 1.29 is 21.4 Å². The van der Waals surface area contributed by atoms with E-state index in [4.69, 9.17) is 0 Å². The molecule has 0 radical (unpaired) electrons. The number of thiazole rings is 1. The van der Waals surface area contributed by atoms with E-state index in [0.717, 1.165) is 27.6 Å². The molecule has 0 N–H and O–H groups in total. The van der Waals surface area contributed by atoms with E-state index in [1.807, 2.05) is 49.3 Å². The summed E-state index contributed by atoms with van der Waals surface area (Å²) in [4.78, 5) is 15.6. The summed E-state index contributed by atoms with van der Waals surface area (Å²) in [5, 5.41) is 0.786. The van der Waals surface area contributed by atoms with Gasteiger partial charge in [-0.05, 0) is 32.0 Å². The van der Waals surface area contributed by atoms with Crippen LogP contribution in [0.25, 0.3) is 11.1 Å². The van der Waals surface area contributed by atoms with Gasteiger partial charge < -0.3 is 17.3 Å². The van der Waals surface area contributed by atoms with Crippen LogP contribution < -0.4 is 36.6 Å². The highest BCUT2D eigenvalue weighted by Crippen LogP contribution is 2.46. The van der Waals surface area contributed by atoms with Gasteiger partial charge in [0, 0.05) is 31.8 Å². The van der Waals surface area contributed by atoms with E-state index < -0.39 is 0 Å². The Bertz CT molecular complexity index is 1240. The molecule has 0 fully saturated rings. The highest BCUT2D eigenvalue weighted by atomic mass is 35.5. The molecule has 3 heterocycles. The van der Waals surface area contributed by atoms with E-state index in [-0.39, 0.29) is 23.8 Å². The van der Waals surface area contributed by atoms with Gasteiger partial charge in [0.15, 0.2) is 6.20 Å². The van der Waals surface area contributed by atoms with Gasteiger partial charge in [-0.3, -0.25) is 9.36 Å². The van der Waals surface area contributed by atoms with Gasteiger partial charge in [-0.15, -0.1) is 11.3 Å². The third-order valence-corrected chi connectivity index (χ3v) is 7.35. The Labute approximate surface area is 183 Å². The molecule has 4 nitrogen and oxygen atoms in total. The van der Waals surface area contributed by atoms with Crippen molar-refractivity contribution in [2.75, 3.05) is 11.9 Å². The number of fused-ring (bicyclic) bond motifs is 1. The summed E-state index contributed by atoms with van der Waals surface area (Å²) in [6.45, 7) is 5.50. The summed E-state index contributed by atoms with van der Waals surface area (Å²) >= 11 is 2.79. The molecular weight excluding hydrogens is 429 g/mol. The predicted molar refractivity (Wildman–Crippen MR) is 113 cm³/mol. The smallest absolute Gasteiger partial charge is 0.271 e. The van der Waals surface area contributed by atoms with Crippen molar-refractivity contribution in [3.63, 3.8) is 0 Å². The summed E-state index contributed by atoms with van der Waals surface area (Å²) in [6, 6.07) is 11.1. The number of hydrogen-bond donors (Lipinski definition) is 0. The van der Waals surface area contributed by atoms with Crippen molar-refractivity contribution in [3.05, 3.63) is 73.7 Å². The zero-order valence-electron chi connectivity index (χ0n) is 16.4. The Hall–Kier alpha value is -2.09. The monoisotopic (exact) mass is 449 g/mol. The molecule has 152 valence electrons. The summed E-state index contributed by atoms with van der Waals surface area (Å²) < 4.78 is 19.7. The Morgan fingerprint density at radius 3 is 2.66 bits per heavy atom. The van der Waals surface area contributed by atoms with Crippen LogP contribution in [0.1, 0.15) is 19.5 Å². The largest absolute Gasteiger partial charge is 1.00 e. The number of hydrogen-bond acceptors (Lipinski definition) is 4. The second kappa shape index (κ2) is 8.73. The topological polar surface area (TPSA) is 29.1 Å². The van der Waals surface area contributed by atoms with E-state index in [1.54, 1.807) is 10.6 Å². The maximum atomic E-state index is 14.2. The van der Waals surface area contributed by atoms with Crippen LogP contribution in [0.2, 0.25) is 0 Å². The molecule has 0 bridgehead atoms. The van der Waals surface area contributed by atoms with Crippen LogP contribution in [0.5, 0.6) is 0 Å². The lowest BCUT2D eigenvalue weighted by Crippen LogP contribution is -3.00. The minimum atomic E-state index is -0.253. The number of pyridine rings is 1. The molecule has 0 atom stereocenters. The molecule has 0 spiro atoms. The van der Waals surface area contributed by atoms with Crippen molar-refractivity contribution in [2.24, 2.45) is 0 Å². The molecule has 0 saturated heterocycles. The fraction of sp³-hybridized carbons (Fsp3) is 0.238. The van der Waals surface area contributed by atoms with Crippen LogP contribution in [0.15, 0.2) is 52.3 Å². The second-order valence-electron chi connectivity index (χ2n) is 6.43. The van der Waals surface area contributed by atoms with Crippen LogP contribution in [0, 0.1) is 5.82 Å². The number of thioether (sulfide) groups is 1. The Morgan fingerprint density at radius 1 is 1.17 bits per heavy atom. The first-order chi connectivity index (χ1) is 13.5. The van der Waals surface area contributed by atoms with Crippen molar-refractivity contribution in [1.82, 2.24) is 4.57 Å². The van der Waals surface area contributed by atoms with Crippen LogP contribution in [0.4, 0.5) is 10.1 Å². The Balaban J connectivity index is 0.00000240. The maximum absolute atomic E-state index is 14.2. The van der Waals surface area contributed by atoms with E-state index in [0.29, 0.717) is 16.0 Å². The molecule has 3 aromatic rings. The fourth-order valence-electron chi connectivity index (χ4n) is 3.34. The standard InChI is InChI=1S/C21H21FN3OS2.ClH/c1-4-24-12-7-6-9-14(24)13-17-25(5-2)20(26)19(27-17)21-23(3)16-11-8-10-15(22)18(16)28-21;/h6-13H,4-5H2,1-3H3;1H/q+1;/p-1/b21-19+;. The lowest BCUT2D eigenvalue weighted by molar-refractivity contribution is -0.695. The summed E-state index contributed by atoms with van der Waals surface area (Å²) in [5.41, 5.74) is 1.82. The lowest BCUT2D eigenvalue weighted by Gasteiger charge is -2.11. The zero-order valence-corrected chi connectivity index (χ0v) is 18.7. The molecule has 1 aliphatic heterocycles. The van der Waals surface area contributed by atoms with Gasteiger partial charge in [-0.25, -0.2) is 4.39 Å². The van der Waals surface area contributed by atoms with Crippen LogP contribution >= 0.6 is 23.1 Å². The van der Waals surface area contributed by atoms with Gasteiger partial charge in [-0.1, -0.05) is 17.8 Å². The number of benzene rings is 1. The number of aryl methyl sites for hydroxylation is 1. The molecule has 1 aromatic carbocycles. The summed E-state index contributed by atoms with van der Waals surface area (Å²) in [6.07, 6.45) is 4.08. The summed E-state index contributed by atoms with van der Waals surface area (Å²) in [7, 11) is 1.88. The zero-order chi connectivity index (χ0) is 19.8. The van der Waals surface area contributed by atoms with Crippen molar-refractivity contribution in [2.45, 2.75) is 31.8 Å². The molecule has 0 aliphatic carbocycles. The maximum Gasteiger partial charge on any atom is 0.271 e. The van der Waals surface area contributed by atoms with Gasteiger partial charge in [0.1, 0.15) is 26.6 Å². The van der Waals surface area contributed by atoms with E-state index in [2.05, 4.69) is 17.6 Å². The van der Waals surface area contributed by atoms with Crippen molar-refractivity contribution in [3.8, 4) is 0 Å². The number of anilines is 1. The molecule has 4 rings (SSSR count). The average molecular weight is 450 g/mol. The quantitative estimate of drug-likeness (QED) is 0.506. The van der Waals surface area contributed by atoms with Crippen molar-refractivity contribution >= 4 is 39.9 Å². The number of aromatic nitrogens is 2. The molecule has 0 amide bonds. The van der Waals surface area contributed by atoms with Crippen molar-refractivity contribution in [1.29, 1.82) is 0 Å². The average Bonchev–Trinajstić information content (AvgIpc) is 3.20. The van der Waals surface area contributed by atoms with Gasteiger partial charge in [-0.2, -0.15) is 4.57 Å². The third-order valence-electron chi connectivity index (χ3n) is 4.82. The lowest BCUT2D eigenvalue weighted by atomic mass is 10.3. The number of rotatable bonds is 3. The summed E-state index contributed by atoms with van der Waals surface area (Å²) in [5.74, 6) is -0.253. The first kappa shape index (κ1) is 21.6. The molecule has 29 heavy (non-hydrogen) atoms. The Kier molecular flexibility index (Phi) is 6.51. The van der Waals surface area contributed by atoms with Gasteiger partial charge in [0.2, 0.25) is 5.69 Å². The van der Waals surface area contributed by atoms with Gasteiger partial charge in [0.25, 0.3) is 5.56 Å². The number of nitrogens with zero attached hydrogens (tertiary/aromatic N) is 3. The van der Waals surface area contributed by atoms with Crippen LogP contribution in [-0.2, 0) is 13.1 Å². The van der Waals surface area contributed by atoms with E-state index in [9.17, 15) is 9.18 Å². The molecule has 2 aromatic heterocycles. The Morgan fingerprint density at radius 2 is 1.97 bits per heavy atom. The fourth-order valence-corrected chi connectivity index (χ4v) is 5.81. The molecule has 1 aliphatic rings. The predicted octanol–water partition coefficient (Wildman–Crippen LogP) is -0.483. The molecular formula is C21H21ClFN3OS2. The highest BCUT2D eigenvalue weighted by Gasteiger charge is 2.27. The van der Waals surface area contributed by atoms with E-state index >= 15 is 0 Å². The molecule has 0 saturated carbocycles.